The van der Waals surface area contributed by atoms with Gasteiger partial charge in [-0.05, 0) is 43.2 Å². The number of rotatable bonds is 3. The fourth-order valence-electron chi connectivity index (χ4n) is 3.76. The van der Waals surface area contributed by atoms with Crippen molar-refractivity contribution in [3.8, 4) is 6.07 Å². The van der Waals surface area contributed by atoms with E-state index in [1.54, 1.807) is 6.07 Å². The quantitative estimate of drug-likeness (QED) is 0.696. The Morgan fingerprint density at radius 1 is 1.10 bits per heavy atom. The van der Waals surface area contributed by atoms with Crippen LogP contribution in [0, 0.1) is 34.7 Å². The van der Waals surface area contributed by atoms with Gasteiger partial charge in [0.25, 0.3) is 0 Å². The molecular formula is C22H17F3N4O. The minimum atomic E-state index is -1.02. The molecule has 0 aliphatic carbocycles. The summed E-state index contributed by atoms with van der Waals surface area (Å²) in [7, 11) is 0. The zero-order valence-electron chi connectivity index (χ0n) is 15.8. The Kier molecular flexibility index (Phi) is 5.27. The summed E-state index contributed by atoms with van der Waals surface area (Å²) in [6.07, 6.45) is 2.47. The van der Waals surface area contributed by atoms with Crippen LogP contribution in [0.15, 0.2) is 42.6 Å². The van der Waals surface area contributed by atoms with E-state index in [2.05, 4.69) is 16.4 Å². The molecular weight excluding hydrogens is 393 g/mol. The van der Waals surface area contributed by atoms with Gasteiger partial charge in [-0.3, -0.25) is 9.78 Å². The van der Waals surface area contributed by atoms with Gasteiger partial charge in [0.2, 0.25) is 5.91 Å². The number of hydrogen-bond donors (Lipinski definition) is 1. The Bertz CT molecular complexity index is 1170. The van der Waals surface area contributed by atoms with Crippen LogP contribution in [0.5, 0.6) is 0 Å². The number of anilines is 2. The van der Waals surface area contributed by atoms with Gasteiger partial charge in [0, 0.05) is 42.3 Å². The van der Waals surface area contributed by atoms with Crippen LogP contribution in [0.2, 0.25) is 0 Å². The minimum absolute atomic E-state index is 0.198. The first-order chi connectivity index (χ1) is 14.5. The molecule has 0 saturated carbocycles. The summed E-state index contributed by atoms with van der Waals surface area (Å²) in [6, 6.07) is 9.57. The van der Waals surface area contributed by atoms with E-state index in [4.69, 9.17) is 0 Å². The van der Waals surface area contributed by atoms with Crippen LogP contribution in [-0.2, 0) is 4.79 Å². The Hall–Kier alpha value is -3.60. The van der Waals surface area contributed by atoms with Crippen LogP contribution < -0.4 is 10.2 Å². The summed E-state index contributed by atoms with van der Waals surface area (Å²) in [5.41, 5.74) is 1.74. The monoisotopic (exact) mass is 410 g/mol. The molecule has 2 heterocycles. The summed E-state index contributed by atoms with van der Waals surface area (Å²) in [4.78, 5) is 18.7. The standard InChI is InChI=1S/C22H17F3N4O/c23-15-1-4-20-17(9-15)21(14(11-26)12-27-20)29-7-5-13(6-8-29)22(30)28-16-2-3-18(24)19(25)10-16/h1-4,9-10,12-13H,5-8H2,(H,28,30). The number of aromatic nitrogens is 1. The van der Waals surface area contributed by atoms with E-state index in [9.17, 15) is 23.2 Å². The second-order valence-corrected chi connectivity index (χ2v) is 7.17. The van der Waals surface area contributed by atoms with Crippen molar-refractivity contribution in [1.29, 1.82) is 5.26 Å². The first-order valence-electron chi connectivity index (χ1n) is 9.45. The lowest BCUT2D eigenvalue weighted by atomic mass is 9.94. The van der Waals surface area contributed by atoms with Gasteiger partial charge in [0.1, 0.15) is 11.9 Å². The number of nitrogens with zero attached hydrogens (tertiary/aromatic N) is 3. The first kappa shape index (κ1) is 19.7. The van der Waals surface area contributed by atoms with Crippen LogP contribution in [0.25, 0.3) is 10.9 Å². The largest absolute Gasteiger partial charge is 0.370 e. The van der Waals surface area contributed by atoms with Gasteiger partial charge in [-0.25, -0.2) is 13.2 Å². The molecule has 2 aromatic carbocycles. The molecule has 1 N–H and O–H groups in total. The average molecular weight is 410 g/mol. The molecule has 1 aliphatic rings. The topological polar surface area (TPSA) is 69.0 Å². The van der Waals surface area contributed by atoms with E-state index in [1.807, 2.05) is 4.90 Å². The second kappa shape index (κ2) is 8.03. The van der Waals surface area contributed by atoms with E-state index in [-0.39, 0.29) is 17.5 Å². The van der Waals surface area contributed by atoms with Crippen LogP contribution in [0.3, 0.4) is 0 Å². The highest BCUT2D eigenvalue weighted by Crippen LogP contribution is 2.33. The fourth-order valence-corrected chi connectivity index (χ4v) is 3.76. The third-order valence-electron chi connectivity index (χ3n) is 5.29. The fraction of sp³-hybridized carbons (Fsp3) is 0.227. The number of fused-ring (bicyclic) bond motifs is 1. The highest BCUT2D eigenvalue weighted by Gasteiger charge is 2.27. The number of carbonyl (C=O) groups excluding carboxylic acids is 1. The van der Waals surface area contributed by atoms with Crippen molar-refractivity contribution < 1.29 is 18.0 Å². The van der Waals surface area contributed by atoms with E-state index in [0.717, 1.165) is 12.1 Å². The number of pyridine rings is 1. The van der Waals surface area contributed by atoms with Crippen LogP contribution in [0.4, 0.5) is 24.5 Å². The smallest absolute Gasteiger partial charge is 0.227 e. The zero-order chi connectivity index (χ0) is 21.3. The molecule has 152 valence electrons. The predicted molar refractivity (Wildman–Crippen MR) is 106 cm³/mol. The maximum atomic E-state index is 13.8. The van der Waals surface area contributed by atoms with Crippen molar-refractivity contribution in [1.82, 2.24) is 4.98 Å². The molecule has 5 nitrogen and oxygen atoms in total. The first-order valence-corrected chi connectivity index (χ1v) is 9.45. The third-order valence-corrected chi connectivity index (χ3v) is 5.29. The van der Waals surface area contributed by atoms with Gasteiger partial charge < -0.3 is 10.2 Å². The molecule has 1 aromatic heterocycles. The molecule has 1 saturated heterocycles. The highest BCUT2D eigenvalue weighted by atomic mass is 19.2. The number of carbonyl (C=O) groups is 1. The van der Waals surface area contributed by atoms with E-state index in [0.29, 0.717) is 48.1 Å². The van der Waals surface area contributed by atoms with Gasteiger partial charge in [-0.1, -0.05) is 0 Å². The molecule has 0 atom stereocenters. The summed E-state index contributed by atoms with van der Waals surface area (Å²) < 4.78 is 40.2. The Morgan fingerprint density at radius 2 is 1.87 bits per heavy atom. The van der Waals surface area contributed by atoms with Crippen LogP contribution >= 0.6 is 0 Å². The highest BCUT2D eigenvalue weighted by molar-refractivity contribution is 5.95. The van der Waals surface area contributed by atoms with E-state index in [1.165, 1.54) is 24.4 Å². The zero-order valence-corrected chi connectivity index (χ0v) is 15.8. The van der Waals surface area contributed by atoms with Crippen LogP contribution in [0.1, 0.15) is 18.4 Å². The molecule has 0 unspecified atom stereocenters. The number of piperidine rings is 1. The maximum absolute atomic E-state index is 13.8. The van der Waals surface area contributed by atoms with Crippen molar-refractivity contribution in [2.24, 2.45) is 5.92 Å². The summed E-state index contributed by atoms with van der Waals surface area (Å²) in [6.45, 7) is 0.973. The lowest BCUT2D eigenvalue weighted by Gasteiger charge is -2.34. The van der Waals surface area contributed by atoms with Crippen molar-refractivity contribution in [2.75, 3.05) is 23.3 Å². The van der Waals surface area contributed by atoms with E-state index < -0.39 is 17.5 Å². The number of amides is 1. The normalized spacial score (nSPS) is 14.5. The van der Waals surface area contributed by atoms with Crippen molar-refractivity contribution in [2.45, 2.75) is 12.8 Å². The van der Waals surface area contributed by atoms with Gasteiger partial charge in [-0.15, -0.1) is 0 Å². The van der Waals surface area contributed by atoms with E-state index >= 15 is 0 Å². The van der Waals surface area contributed by atoms with Crippen LogP contribution in [-0.4, -0.2) is 24.0 Å². The Morgan fingerprint density at radius 3 is 2.57 bits per heavy atom. The lowest BCUT2D eigenvalue weighted by Crippen LogP contribution is -2.38. The molecule has 3 aromatic rings. The third kappa shape index (κ3) is 3.79. The molecule has 8 heteroatoms. The predicted octanol–water partition coefficient (Wildman–Crippen LogP) is 4.38. The molecule has 4 rings (SSSR count). The minimum Gasteiger partial charge on any atom is -0.370 e. The van der Waals surface area contributed by atoms with Gasteiger partial charge in [0.15, 0.2) is 11.6 Å². The number of nitrogens with one attached hydrogen (secondary N) is 1. The van der Waals surface area contributed by atoms with Crippen molar-refractivity contribution in [3.63, 3.8) is 0 Å². The van der Waals surface area contributed by atoms with Crippen molar-refractivity contribution >= 4 is 28.2 Å². The number of halogens is 3. The molecule has 1 amide bonds. The maximum Gasteiger partial charge on any atom is 0.227 e. The van der Waals surface area contributed by atoms with Gasteiger partial charge in [0.05, 0.1) is 16.8 Å². The molecule has 1 fully saturated rings. The number of benzene rings is 2. The molecule has 0 spiro atoms. The molecule has 0 radical (unpaired) electrons. The summed E-state index contributed by atoms with van der Waals surface area (Å²) in [5, 5.41) is 12.7. The van der Waals surface area contributed by atoms with Gasteiger partial charge >= 0.3 is 0 Å². The van der Waals surface area contributed by atoms with Gasteiger partial charge in [-0.2, -0.15) is 5.26 Å². The lowest BCUT2D eigenvalue weighted by molar-refractivity contribution is -0.120. The Balaban J connectivity index is 1.51. The number of nitriles is 1. The second-order valence-electron chi connectivity index (χ2n) is 7.17. The average Bonchev–Trinajstić information content (AvgIpc) is 2.75. The Labute approximate surface area is 170 Å². The SMILES string of the molecule is N#Cc1cnc2ccc(F)cc2c1N1CCC(C(=O)Nc2ccc(F)c(F)c2)CC1. The molecule has 30 heavy (non-hydrogen) atoms. The molecule has 0 bridgehead atoms. The number of hydrogen-bond acceptors (Lipinski definition) is 4. The molecule has 1 aliphatic heterocycles. The summed E-state index contributed by atoms with van der Waals surface area (Å²) >= 11 is 0. The van der Waals surface area contributed by atoms with Crippen molar-refractivity contribution in [3.05, 3.63) is 65.6 Å². The summed E-state index contributed by atoms with van der Waals surface area (Å²) in [5.74, 6) is -3.00.